The first kappa shape index (κ1) is 11.2. The van der Waals surface area contributed by atoms with E-state index in [1.165, 1.54) is 18.2 Å². The Labute approximate surface area is 85.3 Å². The van der Waals surface area contributed by atoms with Gasteiger partial charge in [0.1, 0.15) is 0 Å². The Balaban J connectivity index is 2.52. The molecule has 1 aliphatic carbocycles. The highest BCUT2D eigenvalue weighted by molar-refractivity contribution is 8.04. The molecule has 0 fully saturated rings. The lowest BCUT2D eigenvalue weighted by Gasteiger charge is -2.08. The minimum absolute atomic E-state index is 0.204. The van der Waals surface area contributed by atoms with Crippen LogP contribution in [0, 0.1) is 0 Å². The van der Waals surface area contributed by atoms with Crippen LogP contribution in [0.1, 0.15) is 0 Å². The summed E-state index contributed by atoms with van der Waals surface area (Å²) in [6, 6.07) is 0. The third-order valence-electron chi connectivity index (χ3n) is 1.56. The van der Waals surface area contributed by atoms with Gasteiger partial charge in [-0.15, -0.1) is 11.8 Å². The standard InChI is InChI=1S/C9H10O4S/c10-4-7(12)5-14-9-3-6(11)1-2-8(9)13/h1-3,7,10,12H,4-5H2. The molecule has 0 saturated carbocycles. The molecule has 1 atom stereocenters. The van der Waals surface area contributed by atoms with Gasteiger partial charge in [0, 0.05) is 11.8 Å². The third kappa shape index (κ3) is 3.10. The minimum Gasteiger partial charge on any atom is -0.394 e. The number of allylic oxidation sites excluding steroid dienone is 4. The Hall–Kier alpha value is -0.910. The summed E-state index contributed by atoms with van der Waals surface area (Å²) in [4.78, 5) is 22.4. The molecular formula is C9H10O4S. The zero-order valence-electron chi connectivity index (χ0n) is 7.34. The molecule has 0 saturated heterocycles. The van der Waals surface area contributed by atoms with Crippen LogP contribution in [0.3, 0.4) is 0 Å². The monoisotopic (exact) mass is 214 g/mol. The van der Waals surface area contributed by atoms with E-state index in [0.717, 1.165) is 11.8 Å². The Bertz CT molecular complexity index is 306. The normalized spacial score (nSPS) is 18.3. The van der Waals surface area contributed by atoms with Crippen LogP contribution in [0.5, 0.6) is 0 Å². The molecule has 1 aliphatic rings. The Kier molecular flexibility index (Phi) is 4.06. The van der Waals surface area contributed by atoms with Gasteiger partial charge in [0.25, 0.3) is 0 Å². The first-order valence-corrected chi connectivity index (χ1v) is 5.02. The van der Waals surface area contributed by atoms with E-state index in [1.54, 1.807) is 0 Å². The zero-order chi connectivity index (χ0) is 10.6. The summed E-state index contributed by atoms with van der Waals surface area (Å²) < 4.78 is 0. The van der Waals surface area contributed by atoms with Crippen LogP contribution in [0.15, 0.2) is 23.1 Å². The second kappa shape index (κ2) is 5.09. The summed E-state index contributed by atoms with van der Waals surface area (Å²) in [6.07, 6.45) is 2.77. The Morgan fingerprint density at radius 1 is 1.36 bits per heavy atom. The van der Waals surface area contributed by atoms with Crippen LogP contribution >= 0.6 is 11.8 Å². The molecule has 0 aromatic rings. The number of thioether (sulfide) groups is 1. The summed E-state index contributed by atoms with van der Waals surface area (Å²) in [6.45, 7) is -0.349. The van der Waals surface area contributed by atoms with Gasteiger partial charge in [-0.3, -0.25) is 9.59 Å². The molecule has 1 unspecified atom stereocenters. The molecule has 0 aliphatic heterocycles. The van der Waals surface area contributed by atoms with Crippen LogP contribution in [-0.2, 0) is 9.59 Å². The first-order chi connectivity index (χ1) is 6.63. The molecule has 0 aromatic carbocycles. The molecule has 0 amide bonds. The number of carbonyl (C=O) groups excluding carboxylic acids is 2. The van der Waals surface area contributed by atoms with Crippen molar-refractivity contribution in [3.63, 3.8) is 0 Å². The van der Waals surface area contributed by atoms with Gasteiger partial charge in [0.05, 0.1) is 17.6 Å². The average Bonchev–Trinajstić information content (AvgIpc) is 2.19. The van der Waals surface area contributed by atoms with Crippen molar-refractivity contribution in [2.24, 2.45) is 0 Å². The lowest BCUT2D eigenvalue weighted by Crippen LogP contribution is -2.16. The van der Waals surface area contributed by atoms with Gasteiger partial charge < -0.3 is 10.2 Å². The molecular weight excluding hydrogens is 204 g/mol. The maximum absolute atomic E-state index is 11.2. The topological polar surface area (TPSA) is 74.6 Å². The van der Waals surface area contributed by atoms with Gasteiger partial charge in [-0.25, -0.2) is 0 Å². The van der Waals surface area contributed by atoms with Crippen molar-refractivity contribution in [1.29, 1.82) is 0 Å². The van der Waals surface area contributed by atoms with Gasteiger partial charge in [-0.1, -0.05) is 0 Å². The smallest absolute Gasteiger partial charge is 0.192 e. The lowest BCUT2D eigenvalue weighted by atomic mass is 10.2. The van der Waals surface area contributed by atoms with Crippen molar-refractivity contribution < 1.29 is 19.8 Å². The first-order valence-electron chi connectivity index (χ1n) is 4.03. The molecule has 0 aromatic heterocycles. The second-order valence-electron chi connectivity index (χ2n) is 2.76. The van der Waals surface area contributed by atoms with E-state index in [4.69, 9.17) is 10.2 Å². The Morgan fingerprint density at radius 3 is 2.71 bits per heavy atom. The van der Waals surface area contributed by atoms with Crippen LogP contribution in [0.2, 0.25) is 0 Å². The van der Waals surface area contributed by atoms with Gasteiger partial charge in [-0.2, -0.15) is 0 Å². The van der Waals surface area contributed by atoms with Crippen molar-refractivity contribution in [2.75, 3.05) is 12.4 Å². The average molecular weight is 214 g/mol. The zero-order valence-corrected chi connectivity index (χ0v) is 8.16. The van der Waals surface area contributed by atoms with Gasteiger partial charge in [0.2, 0.25) is 0 Å². The summed E-state index contributed by atoms with van der Waals surface area (Å²) >= 11 is 1.07. The number of carbonyl (C=O) groups is 2. The SMILES string of the molecule is O=C1C=CC(=O)C(SCC(O)CO)=C1. The van der Waals surface area contributed by atoms with Gasteiger partial charge in [-0.05, 0) is 12.2 Å². The summed E-state index contributed by atoms with van der Waals surface area (Å²) in [5, 5.41) is 17.6. The molecule has 14 heavy (non-hydrogen) atoms. The summed E-state index contributed by atoms with van der Waals surface area (Å²) in [5.74, 6) is -0.264. The highest BCUT2D eigenvalue weighted by Crippen LogP contribution is 2.20. The Morgan fingerprint density at radius 2 is 2.07 bits per heavy atom. The number of aliphatic hydroxyl groups excluding tert-OH is 2. The van der Waals surface area contributed by atoms with E-state index in [0.29, 0.717) is 4.91 Å². The van der Waals surface area contributed by atoms with Crippen LogP contribution < -0.4 is 0 Å². The molecule has 0 radical (unpaired) electrons. The number of aliphatic hydroxyl groups is 2. The van der Waals surface area contributed by atoms with Gasteiger partial charge >= 0.3 is 0 Å². The summed E-state index contributed by atoms with van der Waals surface area (Å²) in [5.41, 5.74) is 0. The van der Waals surface area contributed by atoms with Crippen molar-refractivity contribution in [2.45, 2.75) is 6.10 Å². The van der Waals surface area contributed by atoms with Crippen molar-refractivity contribution in [3.05, 3.63) is 23.1 Å². The highest BCUT2D eigenvalue weighted by Gasteiger charge is 2.14. The third-order valence-corrected chi connectivity index (χ3v) is 2.74. The predicted octanol–water partition coefficient (Wildman–Crippen LogP) is -0.335. The fraction of sp³-hybridized carbons (Fsp3) is 0.333. The van der Waals surface area contributed by atoms with Crippen LogP contribution in [0.4, 0.5) is 0 Å². The van der Waals surface area contributed by atoms with Crippen LogP contribution in [0.25, 0.3) is 0 Å². The minimum atomic E-state index is -0.866. The number of hydrogen-bond donors (Lipinski definition) is 2. The van der Waals surface area contributed by atoms with Crippen molar-refractivity contribution >= 4 is 23.3 Å². The maximum atomic E-state index is 11.2. The van der Waals surface area contributed by atoms with Crippen molar-refractivity contribution in [3.8, 4) is 0 Å². The van der Waals surface area contributed by atoms with E-state index < -0.39 is 6.10 Å². The number of hydrogen-bond acceptors (Lipinski definition) is 5. The van der Waals surface area contributed by atoms with E-state index >= 15 is 0 Å². The summed E-state index contributed by atoms with van der Waals surface area (Å²) in [7, 11) is 0. The molecule has 4 nitrogen and oxygen atoms in total. The molecule has 5 heteroatoms. The second-order valence-corrected chi connectivity index (χ2v) is 3.82. The van der Waals surface area contributed by atoms with Crippen LogP contribution in [-0.4, -0.2) is 40.2 Å². The van der Waals surface area contributed by atoms with Gasteiger partial charge in [0.15, 0.2) is 11.6 Å². The largest absolute Gasteiger partial charge is 0.394 e. The van der Waals surface area contributed by atoms with E-state index in [1.807, 2.05) is 0 Å². The number of rotatable bonds is 4. The molecule has 0 heterocycles. The lowest BCUT2D eigenvalue weighted by molar-refractivity contribution is -0.114. The van der Waals surface area contributed by atoms with E-state index in [2.05, 4.69) is 0 Å². The fourth-order valence-corrected chi connectivity index (χ4v) is 1.73. The molecule has 0 bridgehead atoms. The highest BCUT2D eigenvalue weighted by atomic mass is 32.2. The molecule has 2 N–H and O–H groups in total. The number of ketones is 2. The van der Waals surface area contributed by atoms with Crippen molar-refractivity contribution in [1.82, 2.24) is 0 Å². The fourth-order valence-electron chi connectivity index (χ4n) is 0.840. The molecule has 1 rings (SSSR count). The van der Waals surface area contributed by atoms with E-state index in [-0.39, 0.29) is 23.9 Å². The maximum Gasteiger partial charge on any atom is 0.192 e. The van der Waals surface area contributed by atoms with E-state index in [9.17, 15) is 9.59 Å². The quantitative estimate of drug-likeness (QED) is 0.626. The predicted molar refractivity (Wildman–Crippen MR) is 52.8 cm³/mol. The molecule has 0 spiro atoms. The molecule has 76 valence electrons.